The number of fused-ring (bicyclic) bond motifs is 1. The van der Waals surface area contributed by atoms with Gasteiger partial charge in [-0.25, -0.2) is 0 Å². The Morgan fingerprint density at radius 3 is 1.94 bits per heavy atom. The third-order valence-corrected chi connectivity index (χ3v) is 8.07. The number of benzene rings is 1. The molecule has 10 heteroatoms. The van der Waals surface area contributed by atoms with Crippen molar-refractivity contribution >= 4 is 28.2 Å². The quantitative estimate of drug-likeness (QED) is 0.0560. The lowest BCUT2D eigenvalue weighted by Gasteiger charge is -2.15. The summed E-state index contributed by atoms with van der Waals surface area (Å²) in [6.07, 6.45) is 6.90. The highest BCUT2D eigenvalue weighted by molar-refractivity contribution is 6.31. The molecule has 1 N–H and O–H groups in total. The second-order valence-corrected chi connectivity index (χ2v) is 13.5. The highest BCUT2D eigenvalue weighted by Gasteiger charge is 2.38. The Morgan fingerprint density at radius 2 is 1.50 bits per heavy atom. The molecule has 1 aromatic carbocycles. The number of nitrogens with one attached hydrogen (secondary N) is 1. The van der Waals surface area contributed by atoms with E-state index >= 15 is 0 Å². The summed E-state index contributed by atoms with van der Waals surface area (Å²) in [5.41, 5.74) is 3.59. The van der Waals surface area contributed by atoms with Crippen LogP contribution < -0.4 is 0 Å². The van der Waals surface area contributed by atoms with Crippen LogP contribution in [0.3, 0.4) is 0 Å². The summed E-state index contributed by atoms with van der Waals surface area (Å²) in [4.78, 5) is 6.86. The second kappa shape index (κ2) is 29.3. The molecule has 2 aromatic rings. The van der Waals surface area contributed by atoms with Gasteiger partial charge in [0.25, 0.3) is 0 Å². The maximum Gasteiger partial charge on any atom is 0.433 e. The average molecular weight is 789 g/mol. The van der Waals surface area contributed by atoms with Gasteiger partial charge in [-0.2, -0.15) is 26.3 Å². The number of hydrogen-bond donors (Lipinski definition) is 1. The van der Waals surface area contributed by atoms with Gasteiger partial charge in [0.15, 0.2) is 0 Å². The summed E-state index contributed by atoms with van der Waals surface area (Å²) in [6, 6.07) is 6.19. The molecule has 0 aliphatic rings. The number of aliphatic imine (C=N–C) groups is 1. The minimum absolute atomic E-state index is 0.0842. The zero-order valence-electron chi connectivity index (χ0n) is 34.5. The third-order valence-electron chi connectivity index (χ3n) is 7.83. The smallest absolute Gasteiger partial charge is 0.381 e. The maximum atomic E-state index is 12.5. The molecule has 1 atom stereocenters. The van der Waals surface area contributed by atoms with Gasteiger partial charge in [0.1, 0.15) is 5.70 Å². The number of allylic oxidation sites excluding steroid dienone is 8. The van der Waals surface area contributed by atoms with Crippen LogP contribution in [-0.2, 0) is 11.2 Å². The van der Waals surface area contributed by atoms with E-state index in [1.807, 2.05) is 13.0 Å². The number of aromatic nitrogens is 1. The lowest BCUT2D eigenvalue weighted by atomic mass is 9.91. The molecule has 0 saturated carbocycles. The van der Waals surface area contributed by atoms with Crippen molar-refractivity contribution in [1.29, 1.82) is 0 Å². The van der Waals surface area contributed by atoms with Crippen molar-refractivity contribution in [2.24, 2.45) is 4.99 Å². The van der Waals surface area contributed by atoms with E-state index in [1.165, 1.54) is 59.5 Å². The van der Waals surface area contributed by atoms with Crippen molar-refractivity contribution in [3.8, 4) is 0 Å². The summed E-state index contributed by atoms with van der Waals surface area (Å²) in [5, 5.41) is 2.10. The van der Waals surface area contributed by atoms with E-state index in [4.69, 9.17) is 16.3 Å². The fraction of sp³-hybridized carbons (Fsp3) is 0.568. The van der Waals surface area contributed by atoms with Gasteiger partial charge in [0.05, 0.1) is 5.57 Å². The molecule has 0 aliphatic heterocycles. The number of halogens is 7. The molecular weight excluding hydrogens is 722 g/mol. The van der Waals surface area contributed by atoms with Crippen LogP contribution in [0.25, 0.3) is 10.9 Å². The van der Waals surface area contributed by atoms with E-state index in [9.17, 15) is 26.3 Å². The van der Waals surface area contributed by atoms with E-state index in [-0.39, 0.29) is 18.2 Å². The number of unbranched alkanes of at least 4 members (excludes halogenated alkanes) is 2. The van der Waals surface area contributed by atoms with Gasteiger partial charge in [-0.1, -0.05) is 110 Å². The first-order chi connectivity index (χ1) is 25.3. The molecule has 1 aromatic heterocycles. The molecule has 0 radical (unpaired) electrons. The van der Waals surface area contributed by atoms with Gasteiger partial charge < -0.3 is 9.72 Å². The van der Waals surface area contributed by atoms with Crippen LogP contribution in [0, 0.1) is 0 Å². The van der Waals surface area contributed by atoms with E-state index in [1.54, 1.807) is 6.92 Å². The summed E-state index contributed by atoms with van der Waals surface area (Å²) in [6.45, 7) is 28.4. The number of H-pyrrole nitrogens is 1. The summed E-state index contributed by atoms with van der Waals surface area (Å²) in [7, 11) is 0. The van der Waals surface area contributed by atoms with Crippen LogP contribution in [0.15, 0.2) is 83.1 Å². The molecule has 2 rings (SSSR count). The Bertz CT molecular complexity index is 1470. The van der Waals surface area contributed by atoms with Gasteiger partial charge in [0, 0.05) is 46.5 Å². The number of hydrogen-bond acceptors (Lipinski definition) is 2. The number of nitrogens with zero attached hydrogens (tertiary/aromatic N) is 1. The molecule has 0 unspecified atom stereocenters. The zero-order valence-corrected chi connectivity index (χ0v) is 35.3. The molecule has 0 aliphatic carbocycles. The molecular formula is C44H67ClF6N2O. The van der Waals surface area contributed by atoms with Crippen molar-refractivity contribution in [3.05, 3.63) is 94.4 Å². The van der Waals surface area contributed by atoms with Crippen LogP contribution in [-0.4, -0.2) is 36.3 Å². The van der Waals surface area contributed by atoms with Crippen LogP contribution in [0.1, 0.15) is 144 Å². The SMILES string of the molecule is C/C=C\C(=C/CCC)[C@H](C)c1[nH]c2ccc(Cl)cc2c1CCCC.C=C(/C=C(\N=C(C)CCC)C(F)(F)F)C(F)(F)F.C=C(C)CC.CCCOCCC. The van der Waals surface area contributed by atoms with Crippen molar-refractivity contribution in [2.75, 3.05) is 13.2 Å². The fourth-order valence-electron chi connectivity index (χ4n) is 4.73. The zero-order chi connectivity index (χ0) is 41.9. The Labute approximate surface area is 327 Å². The summed E-state index contributed by atoms with van der Waals surface area (Å²) < 4.78 is 79.0. The molecule has 0 saturated heterocycles. The summed E-state index contributed by atoms with van der Waals surface area (Å²) in [5.74, 6) is 0.366. The highest BCUT2D eigenvalue weighted by Crippen LogP contribution is 2.35. The first-order valence-corrected chi connectivity index (χ1v) is 19.6. The molecule has 0 amide bonds. The predicted octanol–water partition coefficient (Wildman–Crippen LogP) is 16.2. The highest BCUT2D eigenvalue weighted by atomic mass is 35.5. The van der Waals surface area contributed by atoms with Crippen LogP contribution >= 0.6 is 11.6 Å². The standard InChI is InChI=1S/C22H30ClN.C11H13F6N.C6H14O.C5H10/c1-5-8-11-17(10-7-3)16(4)22-19(12-9-6-2)20-15-18(23)13-14-21(20)24-22;1-4-5-8(3)18-9(11(15,16)17)6-7(2)10(12,13)14;1-3-5-7-6-4-2;1-4-5(2)3/h7,10-11,13-16,24H,5-6,8-9,12H2,1-4H3;6H,2,4-5H2,1,3H3;3-6H2,1-2H3;2,4H2,1,3H3/b10-7-,17-11+;9-6-,18-8?;;/t16-;;;/m0.../s1. The van der Waals surface area contributed by atoms with Gasteiger partial charge >= 0.3 is 12.4 Å². The van der Waals surface area contributed by atoms with Gasteiger partial charge in [-0.05, 0) is 101 Å². The Kier molecular flexibility index (Phi) is 28.8. The largest absolute Gasteiger partial charge is 0.433 e. The minimum Gasteiger partial charge on any atom is -0.381 e. The lowest BCUT2D eigenvalue weighted by molar-refractivity contribution is -0.0959. The second-order valence-electron chi connectivity index (χ2n) is 13.1. The molecule has 54 heavy (non-hydrogen) atoms. The fourth-order valence-corrected chi connectivity index (χ4v) is 4.90. The van der Waals surface area contributed by atoms with Gasteiger partial charge in [-0.3, -0.25) is 4.99 Å². The normalized spacial score (nSPS) is 13.1. The predicted molar refractivity (Wildman–Crippen MR) is 222 cm³/mol. The first kappa shape index (κ1) is 53.1. The van der Waals surface area contributed by atoms with Crippen molar-refractivity contribution in [1.82, 2.24) is 4.98 Å². The molecule has 3 nitrogen and oxygen atoms in total. The number of aromatic amines is 1. The number of aryl methyl sites for hydroxylation is 1. The van der Waals surface area contributed by atoms with Crippen LogP contribution in [0.5, 0.6) is 0 Å². The van der Waals surface area contributed by atoms with E-state index in [2.05, 4.69) is 102 Å². The van der Waals surface area contributed by atoms with Crippen molar-refractivity contribution in [3.63, 3.8) is 0 Å². The molecule has 0 spiro atoms. The number of ether oxygens (including phenoxy) is 1. The molecule has 0 fully saturated rings. The number of rotatable bonds is 17. The number of alkyl halides is 6. The van der Waals surface area contributed by atoms with E-state index in [0.29, 0.717) is 12.3 Å². The topological polar surface area (TPSA) is 37.4 Å². The van der Waals surface area contributed by atoms with Crippen LogP contribution in [0.2, 0.25) is 5.02 Å². The van der Waals surface area contributed by atoms with E-state index < -0.39 is 23.6 Å². The monoisotopic (exact) mass is 788 g/mol. The minimum atomic E-state index is -4.94. The average Bonchev–Trinajstić information content (AvgIpc) is 3.46. The van der Waals surface area contributed by atoms with E-state index in [0.717, 1.165) is 50.3 Å². The Hall–Kier alpha value is -3.04. The third kappa shape index (κ3) is 23.0. The molecule has 308 valence electrons. The van der Waals surface area contributed by atoms with Crippen molar-refractivity contribution < 1.29 is 31.1 Å². The van der Waals surface area contributed by atoms with Gasteiger partial charge in [0.2, 0.25) is 0 Å². The molecule has 0 bridgehead atoms. The summed E-state index contributed by atoms with van der Waals surface area (Å²) >= 11 is 6.26. The lowest BCUT2D eigenvalue weighted by Crippen LogP contribution is -2.15. The maximum absolute atomic E-state index is 12.5. The molecule has 1 heterocycles. The van der Waals surface area contributed by atoms with Crippen LogP contribution in [0.4, 0.5) is 26.3 Å². The Morgan fingerprint density at radius 1 is 0.907 bits per heavy atom. The Balaban J connectivity index is 0. The van der Waals surface area contributed by atoms with Crippen molar-refractivity contribution in [2.45, 2.75) is 152 Å². The first-order valence-electron chi connectivity index (χ1n) is 19.2. The van der Waals surface area contributed by atoms with Gasteiger partial charge in [-0.15, -0.1) is 6.58 Å².